The predicted octanol–water partition coefficient (Wildman–Crippen LogP) is 0.740. The molecule has 2 aromatic rings. The summed E-state index contributed by atoms with van der Waals surface area (Å²) in [6.07, 6.45) is 1.80. The fraction of sp³-hybridized carbons (Fsp3) is 0.440. The molecule has 3 N–H and O–H groups in total. The average Bonchev–Trinajstić information content (AvgIpc) is 2.97. The number of rotatable bonds is 7. The summed E-state index contributed by atoms with van der Waals surface area (Å²) in [6.45, 7) is -0.407. The standard InChI is InChI=1S/C25H31N5O7S3/c1-29-17(24(35)30(2)18(12-38-4)25(36)37-3)13-40-39-11-16(22(33)26-10-20(29)32)28-23(34)21-19(31)9-14-7-5-6-8-15(14)27-21/h5-9,16-18,31H,10-13H2,1-4H3,(H,26,33)(H,28,34)/t16-,17?,18+/m1/s1. The Bertz CT molecular complexity index is 1280. The molecule has 0 aliphatic carbocycles. The molecule has 216 valence electrons. The molecule has 1 saturated heterocycles. The smallest absolute Gasteiger partial charge is 0.329 e. The number of esters is 1. The number of pyridine rings is 1. The molecule has 0 radical (unpaired) electrons. The molecule has 12 nitrogen and oxygen atoms in total. The van der Waals surface area contributed by atoms with E-state index in [4.69, 9.17) is 4.74 Å². The van der Waals surface area contributed by atoms with Crippen LogP contribution in [0.1, 0.15) is 10.5 Å². The van der Waals surface area contributed by atoms with Crippen molar-refractivity contribution in [2.75, 3.05) is 51.3 Å². The van der Waals surface area contributed by atoms with Crippen molar-refractivity contribution in [3.8, 4) is 5.75 Å². The van der Waals surface area contributed by atoms with E-state index in [1.165, 1.54) is 70.4 Å². The Labute approximate surface area is 243 Å². The minimum atomic E-state index is -1.05. The second kappa shape index (κ2) is 14.5. The number of para-hydroxylation sites is 1. The highest BCUT2D eigenvalue weighted by atomic mass is 33.1. The van der Waals surface area contributed by atoms with Crippen LogP contribution in [0.25, 0.3) is 10.9 Å². The van der Waals surface area contributed by atoms with E-state index >= 15 is 0 Å². The third kappa shape index (κ3) is 7.52. The van der Waals surface area contributed by atoms with Crippen LogP contribution >= 0.6 is 33.3 Å². The number of carbonyl (C=O) groups is 5. The highest BCUT2D eigenvalue weighted by Crippen LogP contribution is 2.27. The summed E-state index contributed by atoms with van der Waals surface area (Å²) in [5.74, 6) is -2.60. The molecule has 2 heterocycles. The number of likely N-dealkylation sites (N-methyl/N-ethyl adjacent to an activating group) is 2. The molecule has 1 aliphatic rings. The minimum Gasteiger partial charge on any atom is -0.505 e. The van der Waals surface area contributed by atoms with Crippen LogP contribution in [-0.4, -0.2) is 119 Å². The molecular formula is C25H31N5O7S3. The Morgan fingerprint density at radius 1 is 1.27 bits per heavy atom. The van der Waals surface area contributed by atoms with E-state index in [0.717, 1.165) is 0 Å². The number of nitrogens with zero attached hydrogens (tertiary/aromatic N) is 3. The number of carbonyl (C=O) groups excluding carboxylic acids is 5. The first-order valence-corrected chi connectivity index (χ1v) is 16.0. The van der Waals surface area contributed by atoms with Gasteiger partial charge in [0.2, 0.25) is 17.7 Å². The van der Waals surface area contributed by atoms with Gasteiger partial charge < -0.3 is 30.3 Å². The average molecular weight is 610 g/mol. The molecule has 4 amide bonds. The first kappa shape index (κ1) is 31.4. The second-order valence-electron chi connectivity index (χ2n) is 8.83. The lowest BCUT2D eigenvalue weighted by Gasteiger charge is -2.33. The highest BCUT2D eigenvalue weighted by molar-refractivity contribution is 8.76. The van der Waals surface area contributed by atoms with Gasteiger partial charge in [-0.25, -0.2) is 9.78 Å². The van der Waals surface area contributed by atoms with Gasteiger partial charge in [0.1, 0.15) is 23.9 Å². The Kier molecular flexibility index (Phi) is 11.3. The van der Waals surface area contributed by atoms with Crippen molar-refractivity contribution in [3.05, 3.63) is 36.0 Å². The summed E-state index contributed by atoms with van der Waals surface area (Å²) in [5, 5.41) is 16.1. The molecule has 1 aliphatic heterocycles. The Morgan fingerprint density at radius 2 is 1.98 bits per heavy atom. The number of fused-ring (bicyclic) bond motifs is 1. The number of amides is 4. The van der Waals surface area contributed by atoms with E-state index in [-0.39, 0.29) is 22.9 Å². The summed E-state index contributed by atoms with van der Waals surface area (Å²) in [4.78, 5) is 71.3. The normalized spacial score (nSPS) is 19.2. The summed E-state index contributed by atoms with van der Waals surface area (Å²) < 4.78 is 4.85. The molecule has 1 aromatic heterocycles. The number of hydrogen-bond donors (Lipinski definition) is 3. The van der Waals surface area contributed by atoms with Crippen LogP contribution in [0, 0.1) is 0 Å². The topological polar surface area (TPSA) is 158 Å². The van der Waals surface area contributed by atoms with Gasteiger partial charge >= 0.3 is 5.97 Å². The van der Waals surface area contributed by atoms with Crippen LogP contribution in [0.2, 0.25) is 0 Å². The molecule has 1 aromatic carbocycles. The molecule has 3 atom stereocenters. The number of benzene rings is 1. The fourth-order valence-corrected chi connectivity index (χ4v) is 6.97. The maximum Gasteiger partial charge on any atom is 0.329 e. The first-order valence-electron chi connectivity index (χ1n) is 12.1. The molecule has 0 bridgehead atoms. The third-order valence-corrected chi connectivity index (χ3v) is 9.31. The van der Waals surface area contributed by atoms with Crippen LogP contribution in [0.3, 0.4) is 0 Å². The molecule has 1 fully saturated rings. The van der Waals surface area contributed by atoms with Gasteiger partial charge in [-0.1, -0.05) is 39.8 Å². The molecule has 40 heavy (non-hydrogen) atoms. The van der Waals surface area contributed by atoms with Gasteiger partial charge in [-0.15, -0.1) is 0 Å². The summed E-state index contributed by atoms with van der Waals surface area (Å²) in [5.41, 5.74) is 0.275. The van der Waals surface area contributed by atoms with E-state index in [9.17, 15) is 29.1 Å². The number of nitrogens with one attached hydrogen (secondary N) is 2. The molecule has 0 saturated carbocycles. The first-order chi connectivity index (χ1) is 19.1. The maximum atomic E-state index is 13.4. The van der Waals surface area contributed by atoms with Crippen molar-refractivity contribution in [2.24, 2.45) is 0 Å². The lowest BCUT2D eigenvalue weighted by Crippen LogP contribution is -2.56. The zero-order chi connectivity index (χ0) is 29.4. The van der Waals surface area contributed by atoms with E-state index < -0.39 is 54.3 Å². The number of thioether (sulfide) groups is 1. The van der Waals surface area contributed by atoms with E-state index in [1.807, 2.05) is 0 Å². The Balaban J connectivity index is 1.74. The van der Waals surface area contributed by atoms with Crippen LogP contribution in [0.15, 0.2) is 30.3 Å². The van der Waals surface area contributed by atoms with Crippen molar-refractivity contribution in [1.82, 2.24) is 25.4 Å². The van der Waals surface area contributed by atoms with Crippen molar-refractivity contribution in [3.63, 3.8) is 0 Å². The number of ether oxygens (including phenoxy) is 1. The summed E-state index contributed by atoms with van der Waals surface area (Å²) in [6, 6.07) is 5.62. The van der Waals surface area contributed by atoms with Gasteiger partial charge in [0.15, 0.2) is 5.69 Å². The van der Waals surface area contributed by atoms with E-state index in [0.29, 0.717) is 16.7 Å². The van der Waals surface area contributed by atoms with Crippen LogP contribution < -0.4 is 10.6 Å². The number of methoxy groups -OCH3 is 1. The molecule has 15 heteroatoms. The molecule has 1 unspecified atom stereocenters. The number of aromatic hydroxyl groups is 1. The van der Waals surface area contributed by atoms with Crippen molar-refractivity contribution >= 4 is 73.9 Å². The number of hydrogen-bond acceptors (Lipinski definition) is 11. The summed E-state index contributed by atoms with van der Waals surface area (Å²) >= 11 is 1.38. The van der Waals surface area contributed by atoms with E-state index in [2.05, 4.69) is 15.6 Å². The van der Waals surface area contributed by atoms with Crippen molar-refractivity contribution < 1.29 is 33.8 Å². The van der Waals surface area contributed by atoms with Crippen LogP contribution in [0.4, 0.5) is 0 Å². The SMILES string of the molecule is COC(=O)[C@H](CSC)N(C)C(=O)C1CSSC[C@@H](NC(=O)c2nc3ccccc3cc2O)C(=O)NCC(=O)N1C. The van der Waals surface area contributed by atoms with E-state index in [1.54, 1.807) is 30.5 Å². The molecule has 3 rings (SSSR count). The zero-order valence-corrected chi connectivity index (χ0v) is 24.9. The third-order valence-electron chi connectivity index (χ3n) is 6.26. The maximum absolute atomic E-state index is 13.4. The van der Waals surface area contributed by atoms with Gasteiger partial charge in [0, 0.05) is 36.7 Å². The monoisotopic (exact) mass is 609 g/mol. The summed E-state index contributed by atoms with van der Waals surface area (Å²) in [7, 11) is 6.69. The Morgan fingerprint density at radius 3 is 2.67 bits per heavy atom. The van der Waals surface area contributed by atoms with Crippen LogP contribution in [0.5, 0.6) is 5.75 Å². The van der Waals surface area contributed by atoms with Gasteiger partial charge in [-0.3, -0.25) is 19.2 Å². The van der Waals surface area contributed by atoms with Gasteiger partial charge in [-0.2, -0.15) is 11.8 Å². The lowest BCUT2D eigenvalue weighted by molar-refractivity contribution is -0.153. The van der Waals surface area contributed by atoms with Gasteiger partial charge in [-0.05, 0) is 18.4 Å². The van der Waals surface area contributed by atoms with Crippen molar-refractivity contribution in [2.45, 2.75) is 18.1 Å². The molecule has 0 spiro atoms. The Hall–Kier alpha value is -3.17. The fourth-order valence-electron chi connectivity index (χ4n) is 3.86. The van der Waals surface area contributed by atoms with Crippen molar-refractivity contribution in [1.29, 1.82) is 0 Å². The quantitative estimate of drug-likeness (QED) is 0.300. The molecular weight excluding hydrogens is 579 g/mol. The number of aromatic nitrogens is 1. The lowest BCUT2D eigenvalue weighted by atomic mass is 10.1. The van der Waals surface area contributed by atoms with Gasteiger partial charge in [0.25, 0.3) is 5.91 Å². The van der Waals surface area contributed by atoms with Gasteiger partial charge in [0.05, 0.1) is 19.2 Å². The largest absolute Gasteiger partial charge is 0.505 e. The zero-order valence-electron chi connectivity index (χ0n) is 22.4. The predicted molar refractivity (Wildman–Crippen MR) is 156 cm³/mol. The van der Waals surface area contributed by atoms with Crippen LogP contribution in [-0.2, 0) is 23.9 Å². The minimum absolute atomic E-state index is 0.114. The highest BCUT2D eigenvalue weighted by Gasteiger charge is 2.36. The second-order valence-corrected chi connectivity index (χ2v) is 12.3.